The minimum atomic E-state index is 0.179. The third kappa shape index (κ3) is 2.95. The molecule has 26 heavy (non-hydrogen) atoms. The van der Waals surface area contributed by atoms with Gasteiger partial charge in [-0.3, -0.25) is 9.89 Å². The summed E-state index contributed by atoms with van der Waals surface area (Å²) >= 11 is 0. The lowest BCUT2D eigenvalue weighted by atomic mass is 9.60. The Bertz CT molecular complexity index is 759. The summed E-state index contributed by atoms with van der Waals surface area (Å²) in [6.07, 6.45) is 13.2. The molecule has 3 heteroatoms. The smallest absolute Gasteiger partial charge is 0.110 e. The summed E-state index contributed by atoms with van der Waals surface area (Å²) in [5.74, 6) is 8.23. The van der Waals surface area contributed by atoms with Gasteiger partial charge < -0.3 is 5.32 Å². The van der Waals surface area contributed by atoms with Crippen molar-refractivity contribution in [3.05, 3.63) is 34.6 Å². The number of rotatable bonds is 2. The lowest BCUT2D eigenvalue weighted by Gasteiger charge is -2.48. The first-order valence-corrected chi connectivity index (χ1v) is 10.3. The molecule has 0 aromatic heterocycles. The van der Waals surface area contributed by atoms with E-state index >= 15 is 0 Å². The van der Waals surface area contributed by atoms with Crippen LogP contribution in [-0.2, 0) is 0 Å². The fourth-order valence-electron chi connectivity index (χ4n) is 4.84. The van der Waals surface area contributed by atoms with Gasteiger partial charge in [0.2, 0.25) is 0 Å². The van der Waals surface area contributed by atoms with Crippen LogP contribution in [0.1, 0.15) is 58.8 Å². The molecule has 1 saturated carbocycles. The number of hydrogen-bond acceptors (Lipinski definition) is 2. The maximum atomic E-state index is 4.61. The summed E-state index contributed by atoms with van der Waals surface area (Å²) in [7, 11) is 1.92. The number of allylic oxidation sites excluding steroid dienone is 5. The monoisotopic (exact) mass is 349 g/mol. The Morgan fingerprint density at radius 1 is 1.23 bits per heavy atom. The molecule has 138 valence electrons. The van der Waals surface area contributed by atoms with Gasteiger partial charge in [-0.15, -0.1) is 0 Å². The quantitative estimate of drug-likeness (QED) is 0.757. The summed E-state index contributed by atoms with van der Waals surface area (Å²) in [4.78, 5) is 7.12. The molecule has 0 radical (unpaired) electrons. The third-order valence-electron chi connectivity index (χ3n) is 6.66. The third-order valence-corrected chi connectivity index (χ3v) is 6.66. The molecule has 4 rings (SSSR count). The Balaban J connectivity index is 1.69. The van der Waals surface area contributed by atoms with E-state index in [0.717, 1.165) is 12.8 Å². The van der Waals surface area contributed by atoms with Crippen molar-refractivity contribution in [2.75, 3.05) is 20.1 Å². The molecular weight excluding hydrogens is 318 g/mol. The van der Waals surface area contributed by atoms with Gasteiger partial charge in [0, 0.05) is 30.2 Å². The predicted octanol–water partition coefficient (Wildman–Crippen LogP) is 4.20. The maximum absolute atomic E-state index is 4.61. The molecule has 2 aliphatic heterocycles. The zero-order valence-electron chi connectivity index (χ0n) is 16.5. The number of nitrogens with one attached hydrogen (secondary N) is 1. The first-order valence-electron chi connectivity index (χ1n) is 10.3. The van der Waals surface area contributed by atoms with Crippen LogP contribution >= 0.6 is 0 Å². The summed E-state index contributed by atoms with van der Waals surface area (Å²) in [5, 5.41) is 3.64. The zero-order chi connectivity index (χ0) is 18.1. The fourth-order valence-corrected chi connectivity index (χ4v) is 4.84. The van der Waals surface area contributed by atoms with E-state index in [4.69, 9.17) is 0 Å². The Hall–Kier alpha value is -1.79. The van der Waals surface area contributed by atoms with Crippen molar-refractivity contribution in [2.45, 2.75) is 64.8 Å². The molecule has 0 amide bonds. The van der Waals surface area contributed by atoms with E-state index in [1.807, 2.05) is 7.05 Å². The van der Waals surface area contributed by atoms with Crippen molar-refractivity contribution in [3.8, 4) is 11.8 Å². The van der Waals surface area contributed by atoms with Crippen molar-refractivity contribution in [2.24, 2.45) is 10.4 Å². The number of amidine groups is 1. The highest BCUT2D eigenvalue weighted by molar-refractivity contribution is 5.95. The second-order valence-electron chi connectivity index (χ2n) is 8.13. The largest absolute Gasteiger partial charge is 0.347 e. The SMILES string of the molecule is CCC1=C(C#C[C@@H](C)N2CCCC2)C=C2CC(=C1)C1(CCC1)C(=NC)N2. The van der Waals surface area contributed by atoms with Crippen LogP contribution in [0.5, 0.6) is 0 Å². The van der Waals surface area contributed by atoms with Crippen molar-refractivity contribution >= 4 is 5.84 Å². The fraction of sp³-hybridized carbons (Fsp3) is 0.609. The highest BCUT2D eigenvalue weighted by atomic mass is 15.2. The van der Waals surface area contributed by atoms with Crippen molar-refractivity contribution in [1.82, 2.24) is 10.2 Å². The number of likely N-dealkylation sites (tertiary alicyclic amines) is 1. The first-order chi connectivity index (χ1) is 12.7. The average Bonchev–Trinajstić information content (AvgIpc) is 3.11. The molecule has 2 bridgehead atoms. The molecule has 2 heterocycles. The molecule has 1 N–H and O–H groups in total. The minimum absolute atomic E-state index is 0.179. The van der Waals surface area contributed by atoms with Gasteiger partial charge in [-0.1, -0.05) is 36.8 Å². The molecule has 2 saturated heterocycles. The van der Waals surface area contributed by atoms with Crippen LogP contribution < -0.4 is 5.32 Å². The van der Waals surface area contributed by atoms with Crippen LogP contribution in [0, 0.1) is 17.3 Å². The van der Waals surface area contributed by atoms with Crippen LogP contribution in [0.4, 0.5) is 0 Å². The van der Waals surface area contributed by atoms with Gasteiger partial charge in [-0.2, -0.15) is 0 Å². The molecule has 0 aromatic rings. The number of hydrogen-bond donors (Lipinski definition) is 1. The van der Waals surface area contributed by atoms with Crippen LogP contribution in [0.2, 0.25) is 0 Å². The highest BCUT2D eigenvalue weighted by Crippen LogP contribution is 2.52. The highest BCUT2D eigenvalue weighted by Gasteiger charge is 2.48. The maximum Gasteiger partial charge on any atom is 0.110 e. The molecule has 4 aliphatic rings. The van der Waals surface area contributed by atoms with Crippen molar-refractivity contribution in [3.63, 3.8) is 0 Å². The molecule has 3 nitrogen and oxygen atoms in total. The van der Waals surface area contributed by atoms with E-state index in [0.29, 0.717) is 6.04 Å². The van der Waals surface area contributed by atoms with E-state index in [9.17, 15) is 0 Å². The number of aliphatic imine (C=N–C) groups is 1. The first kappa shape index (κ1) is 17.6. The Morgan fingerprint density at radius 2 is 2.00 bits per heavy atom. The standard InChI is InChI=1S/C23H31N3/c1-4-18-14-20-16-21(25-22(24-3)23(20)10-7-11-23)15-19(18)9-8-17(2)26-12-5-6-13-26/h14-15,17H,4-7,10-13,16H2,1-3H3,(H,24,25)/t17-/m1/s1. The summed E-state index contributed by atoms with van der Waals surface area (Å²) in [6.45, 7) is 6.89. The second-order valence-corrected chi connectivity index (χ2v) is 8.13. The number of nitrogens with zero attached hydrogens (tertiary/aromatic N) is 2. The second kappa shape index (κ2) is 7.08. The van der Waals surface area contributed by atoms with Crippen LogP contribution in [-0.4, -0.2) is 36.9 Å². The summed E-state index contributed by atoms with van der Waals surface area (Å²) < 4.78 is 0. The van der Waals surface area contributed by atoms with Gasteiger partial charge >= 0.3 is 0 Å². The summed E-state index contributed by atoms with van der Waals surface area (Å²) in [6, 6.07) is 0.343. The van der Waals surface area contributed by atoms with Gasteiger partial charge in [0.15, 0.2) is 0 Å². The van der Waals surface area contributed by atoms with E-state index in [1.54, 1.807) is 5.57 Å². The molecule has 0 aromatic carbocycles. The van der Waals surface area contributed by atoms with Crippen LogP contribution in [0.15, 0.2) is 39.6 Å². The Kier molecular flexibility index (Phi) is 4.80. The summed E-state index contributed by atoms with van der Waals surface area (Å²) in [5.41, 5.74) is 5.58. The van der Waals surface area contributed by atoms with Crippen molar-refractivity contribution < 1.29 is 0 Å². The normalized spacial score (nSPS) is 27.1. The van der Waals surface area contributed by atoms with Crippen LogP contribution in [0.25, 0.3) is 0 Å². The number of piperidine rings is 1. The van der Waals surface area contributed by atoms with E-state index in [-0.39, 0.29) is 5.41 Å². The molecular formula is C23H31N3. The Labute approximate surface area is 158 Å². The Morgan fingerprint density at radius 3 is 2.62 bits per heavy atom. The van der Waals surface area contributed by atoms with Gasteiger partial charge in [0.1, 0.15) is 5.84 Å². The molecule has 2 aliphatic carbocycles. The van der Waals surface area contributed by atoms with Gasteiger partial charge in [0.25, 0.3) is 0 Å². The van der Waals surface area contributed by atoms with E-state index in [1.165, 1.54) is 67.9 Å². The van der Waals surface area contributed by atoms with Gasteiger partial charge in [-0.25, -0.2) is 0 Å². The molecule has 0 unspecified atom stereocenters. The lowest BCUT2D eigenvalue weighted by molar-refractivity contribution is 0.266. The van der Waals surface area contributed by atoms with E-state index in [2.05, 4.69) is 53.0 Å². The topological polar surface area (TPSA) is 27.6 Å². The molecule has 1 spiro atoms. The van der Waals surface area contributed by atoms with Gasteiger partial charge in [-0.05, 0) is 63.8 Å². The average molecular weight is 350 g/mol. The van der Waals surface area contributed by atoms with Gasteiger partial charge in [0.05, 0.1) is 6.04 Å². The van der Waals surface area contributed by atoms with Crippen molar-refractivity contribution in [1.29, 1.82) is 0 Å². The van der Waals surface area contributed by atoms with Crippen LogP contribution in [0.3, 0.4) is 0 Å². The minimum Gasteiger partial charge on any atom is -0.347 e. The number of fused-ring (bicyclic) bond motifs is 3. The molecule has 3 fully saturated rings. The van der Waals surface area contributed by atoms with E-state index < -0.39 is 0 Å². The zero-order valence-corrected chi connectivity index (χ0v) is 16.5. The predicted molar refractivity (Wildman–Crippen MR) is 109 cm³/mol. The molecule has 1 atom stereocenters. The lowest BCUT2D eigenvalue weighted by Crippen LogP contribution is -2.50.